The van der Waals surface area contributed by atoms with E-state index in [1.54, 1.807) is 7.11 Å². The molecule has 1 atom stereocenters. The Morgan fingerprint density at radius 1 is 1.03 bits per heavy atom. The molecule has 0 fully saturated rings. The minimum absolute atomic E-state index is 0.244. The predicted molar refractivity (Wildman–Crippen MR) is 113 cm³/mol. The molecule has 3 heterocycles. The lowest BCUT2D eigenvalue weighted by molar-refractivity contribution is 0.307. The molecule has 2 aliphatic rings. The van der Waals surface area contributed by atoms with Crippen molar-refractivity contribution in [1.29, 1.82) is 0 Å². The summed E-state index contributed by atoms with van der Waals surface area (Å²) in [7, 11) is 3.16. The number of amidine groups is 2. The van der Waals surface area contributed by atoms with Crippen LogP contribution in [0.5, 0.6) is 11.5 Å². The molecular formula is C21H17N3O4S. The number of benzene rings is 2. The van der Waals surface area contributed by atoms with Crippen molar-refractivity contribution < 1.29 is 18.6 Å². The van der Waals surface area contributed by atoms with E-state index in [1.165, 1.54) is 18.9 Å². The van der Waals surface area contributed by atoms with E-state index in [9.17, 15) is 0 Å². The summed E-state index contributed by atoms with van der Waals surface area (Å²) in [5.74, 6) is 2.66. The lowest BCUT2D eigenvalue weighted by Crippen LogP contribution is -1.96. The van der Waals surface area contributed by atoms with Gasteiger partial charge in [-0.15, -0.1) is 0 Å². The number of rotatable bonds is 5. The Balaban J connectivity index is 1.46. The minimum atomic E-state index is -0.244. The Bertz CT molecular complexity index is 1170. The first kappa shape index (κ1) is 17.8. The number of nitrogens with zero attached hydrogens (tertiary/aromatic N) is 3. The molecular weight excluding hydrogens is 390 g/mol. The van der Waals surface area contributed by atoms with Gasteiger partial charge in [0.15, 0.2) is 11.2 Å². The van der Waals surface area contributed by atoms with Gasteiger partial charge in [-0.3, -0.25) is 0 Å². The van der Waals surface area contributed by atoms with Crippen molar-refractivity contribution >= 4 is 39.6 Å². The van der Waals surface area contributed by atoms with Crippen LogP contribution in [0.4, 0.5) is 0 Å². The quantitative estimate of drug-likeness (QED) is 0.619. The van der Waals surface area contributed by atoms with Gasteiger partial charge in [-0.05, 0) is 11.6 Å². The first-order valence-corrected chi connectivity index (χ1v) is 9.86. The molecule has 8 heteroatoms. The molecule has 5 rings (SSSR count). The van der Waals surface area contributed by atoms with Gasteiger partial charge in [-0.25, -0.2) is 4.99 Å². The van der Waals surface area contributed by atoms with Crippen molar-refractivity contribution in [2.45, 2.75) is 12.0 Å². The predicted octanol–water partition coefficient (Wildman–Crippen LogP) is 4.58. The van der Waals surface area contributed by atoms with E-state index >= 15 is 0 Å². The normalized spacial score (nSPS) is 17.6. The molecule has 0 saturated heterocycles. The average Bonchev–Trinajstić information content (AvgIpc) is 3.44. The number of hydrogen-bond acceptors (Lipinski definition) is 8. The van der Waals surface area contributed by atoms with Gasteiger partial charge in [-0.2, -0.15) is 9.98 Å². The highest BCUT2D eigenvalue weighted by Crippen LogP contribution is 2.43. The van der Waals surface area contributed by atoms with Crippen molar-refractivity contribution in [1.82, 2.24) is 0 Å². The van der Waals surface area contributed by atoms with E-state index in [-0.39, 0.29) is 5.37 Å². The van der Waals surface area contributed by atoms with Crippen LogP contribution in [0.3, 0.4) is 0 Å². The third-order valence-corrected chi connectivity index (χ3v) is 5.60. The molecule has 0 spiro atoms. The van der Waals surface area contributed by atoms with Crippen LogP contribution in [0.15, 0.2) is 67.9 Å². The summed E-state index contributed by atoms with van der Waals surface area (Å²) in [5, 5.41) is 1.37. The molecule has 1 aromatic heterocycles. The summed E-state index contributed by atoms with van der Waals surface area (Å²) in [4.78, 5) is 13.1. The Hall–Kier alpha value is -3.26. The van der Waals surface area contributed by atoms with E-state index in [0.29, 0.717) is 41.3 Å². The number of furan rings is 1. The van der Waals surface area contributed by atoms with Gasteiger partial charge in [-0.1, -0.05) is 42.1 Å². The van der Waals surface area contributed by atoms with E-state index in [4.69, 9.17) is 18.6 Å². The van der Waals surface area contributed by atoms with Crippen LogP contribution in [0, 0.1) is 0 Å². The van der Waals surface area contributed by atoms with Crippen molar-refractivity contribution in [3.8, 4) is 11.5 Å². The fraction of sp³-hybridized carbons (Fsp3) is 0.190. The molecule has 7 nitrogen and oxygen atoms in total. The molecule has 0 saturated carbocycles. The Morgan fingerprint density at radius 3 is 2.66 bits per heavy atom. The molecule has 0 N–H and O–H groups in total. The van der Waals surface area contributed by atoms with Gasteiger partial charge in [0.05, 0.1) is 19.6 Å². The van der Waals surface area contributed by atoms with E-state index < -0.39 is 0 Å². The number of methoxy groups -OCH3 is 2. The molecule has 2 aromatic carbocycles. The Kier molecular flexibility index (Phi) is 4.48. The molecule has 0 radical (unpaired) electrons. The van der Waals surface area contributed by atoms with Crippen molar-refractivity contribution in [3.05, 3.63) is 59.9 Å². The topological polar surface area (TPSA) is 77.9 Å². The van der Waals surface area contributed by atoms with Gasteiger partial charge in [0.25, 0.3) is 0 Å². The second-order valence-electron chi connectivity index (χ2n) is 6.40. The summed E-state index contributed by atoms with van der Waals surface area (Å²) in [6.45, 7) is 0.454. The van der Waals surface area contributed by atoms with E-state index in [0.717, 1.165) is 16.0 Å². The fourth-order valence-electron chi connectivity index (χ4n) is 3.12. The standard InChI is InChI=1S/C21H17N3O4S/c1-25-13-8-15(27-11-12-6-4-3-5-7-12)14-10-17(28-16(14)9-13)19-22-18-20(29-19)24-21(23-18)26-2/h3-10,19H,11H2,1-2H3. The molecule has 1 unspecified atom stereocenters. The van der Waals surface area contributed by atoms with E-state index in [2.05, 4.69) is 15.0 Å². The Labute approximate surface area is 171 Å². The minimum Gasteiger partial charge on any atom is -0.496 e. The molecule has 0 bridgehead atoms. The molecule has 0 aliphatic carbocycles. The van der Waals surface area contributed by atoms with Crippen LogP contribution in [0.25, 0.3) is 11.0 Å². The van der Waals surface area contributed by atoms with Gasteiger partial charge in [0, 0.05) is 12.1 Å². The molecule has 3 aromatic rings. The SMILES string of the molecule is COC1=NC2=NC(c3cc4c(OCc5ccccc5)cc(OC)cc4o3)SC2=N1. The smallest absolute Gasteiger partial charge is 0.319 e. The summed E-state index contributed by atoms with van der Waals surface area (Å²) >= 11 is 1.48. The summed E-state index contributed by atoms with van der Waals surface area (Å²) in [6, 6.07) is 16.0. The van der Waals surface area contributed by atoms with Gasteiger partial charge in [0.1, 0.15) is 34.5 Å². The summed E-state index contributed by atoms with van der Waals surface area (Å²) < 4.78 is 22.6. The van der Waals surface area contributed by atoms with Gasteiger partial charge >= 0.3 is 6.02 Å². The molecule has 146 valence electrons. The number of ether oxygens (including phenoxy) is 3. The second kappa shape index (κ2) is 7.29. The van der Waals surface area contributed by atoms with Crippen LogP contribution >= 0.6 is 11.8 Å². The van der Waals surface area contributed by atoms with Gasteiger partial charge in [0.2, 0.25) is 0 Å². The number of hydrogen-bond donors (Lipinski definition) is 0. The highest BCUT2D eigenvalue weighted by atomic mass is 32.2. The molecule has 29 heavy (non-hydrogen) atoms. The third-order valence-electron chi connectivity index (χ3n) is 4.54. The highest BCUT2D eigenvalue weighted by molar-refractivity contribution is 8.16. The Morgan fingerprint density at radius 2 is 1.90 bits per heavy atom. The number of thioether (sulfide) groups is 1. The lowest BCUT2D eigenvalue weighted by Gasteiger charge is -2.09. The summed E-state index contributed by atoms with van der Waals surface area (Å²) in [6.07, 6.45) is 0. The van der Waals surface area contributed by atoms with Crippen LogP contribution in [-0.4, -0.2) is 31.1 Å². The number of fused-ring (bicyclic) bond motifs is 2. The van der Waals surface area contributed by atoms with Crippen LogP contribution in [0.1, 0.15) is 16.7 Å². The fourth-order valence-corrected chi connectivity index (χ4v) is 4.05. The largest absolute Gasteiger partial charge is 0.496 e. The van der Waals surface area contributed by atoms with Crippen molar-refractivity contribution in [3.63, 3.8) is 0 Å². The van der Waals surface area contributed by atoms with E-state index in [1.807, 2.05) is 48.5 Å². The van der Waals surface area contributed by atoms with Crippen molar-refractivity contribution in [2.75, 3.05) is 14.2 Å². The zero-order valence-corrected chi connectivity index (χ0v) is 16.6. The maximum Gasteiger partial charge on any atom is 0.319 e. The number of aliphatic imine (C=N–C) groups is 3. The molecule has 2 aliphatic heterocycles. The molecule has 0 amide bonds. The summed E-state index contributed by atoms with van der Waals surface area (Å²) in [5.41, 5.74) is 1.77. The average molecular weight is 407 g/mol. The zero-order chi connectivity index (χ0) is 19.8. The maximum atomic E-state index is 6.08. The zero-order valence-electron chi connectivity index (χ0n) is 15.8. The second-order valence-corrected chi connectivity index (χ2v) is 7.47. The first-order chi connectivity index (χ1) is 14.2. The van der Waals surface area contributed by atoms with Crippen molar-refractivity contribution in [2.24, 2.45) is 15.0 Å². The van der Waals surface area contributed by atoms with Gasteiger partial charge < -0.3 is 18.6 Å². The first-order valence-electron chi connectivity index (χ1n) is 8.98. The monoisotopic (exact) mass is 407 g/mol. The van der Waals surface area contributed by atoms with Crippen LogP contribution in [-0.2, 0) is 11.3 Å². The lowest BCUT2D eigenvalue weighted by atomic mass is 10.2. The van der Waals surface area contributed by atoms with Crippen LogP contribution < -0.4 is 9.47 Å². The van der Waals surface area contributed by atoms with Crippen LogP contribution in [0.2, 0.25) is 0 Å². The third kappa shape index (κ3) is 3.36. The highest BCUT2D eigenvalue weighted by Gasteiger charge is 2.33. The maximum absolute atomic E-state index is 6.08.